The van der Waals surface area contributed by atoms with Crippen LogP contribution in [0.2, 0.25) is 5.02 Å². The molecule has 0 aliphatic carbocycles. The van der Waals surface area contributed by atoms with Crippen LogP contribution in [0.4, 0.5) is 13.2 Å². The van der Waals surface area contributed by atoms with Crippen molar-refractivity contribution in [2.75, 3.05) is 12.9 Å². The molecular weight excluding hydrogens is 441 g/mol. The van der Waals surface area contributed by atoms with Crippen LogP contribution >= 0.6 is 11.6 Å². The summed E-state index contributed by atoms with van der Waals surface area (Å²) >= 11 is 5.89. The van der Waals surface area contributed by atoms with E-state index in [1.54, 1.807) is 0 Å². The van der Waals surface area contributed by atoms with Crippen molar-refractivity contribution in [1.29, 1.82) is 0 Å². The molecule has 0 fully saturated rings. The molecule has 1 aromatic heterocycles. The van der Waals surface area contributed by atoms with Crippen molar-refractivity contribution in [2.45, 2.75) is 24.0 Å². The van der Waals surface area contributed by atoms with E-state index in [1.165, 1.54) is 48.5 Å². The second-order valence-corrected chi connectivity index (χ2v) is 9.13. The third-order valence-electron chi connectivity index (χ3n) is 4.44. The lowest BCUT2D eigenvalue weighted by Gasteiger charge is -2.13. The number of halogens is 4. The first-order valence-electron chi connectivity index (χ1n) is 8.87. The van der Waals surface area contributed by atoms with Gasteiger partial charge in [0.25, 0.3) is 0 Å². The quantitative estimate of drug-likeness (QED) is 0.582. The Kier molecular flexibility index (Phi) is 6.26. The molecule has 0 aliphatic heterocycles. The molecule has 10 heteroatoms. The van der Waals surface area contributed by atoms with Crippen LogP contribution in [0.25, 0.3) is 22.4 Å². The fourth-order valence-electron chi connectivity index (χ4n) is 3.08. The van der Waals surface area contributed by atoms with E-state index < -0.39 is 21.7 Å². The molecule has 0 amide bonds. The smallest absolute Gasteiger partial charge is 0.396 e. The molecule has 1 N–H and O–H groups in total. The third kappa shape index (κ3) is 4.69. The number of hydrogen-bond acceptors (Lipinski definition) is 4. The van der Waals surface area contributed by atoms with Gasteiger partial charge in [-0.25, -0.2) is 8.42 Å². The van der Waals surface area contributed by atoms with E-state index in [9.17, 15) is 21.6 Å². The summed E-state index contributed by atoms with van der Waals surface area (Å²) in [6.07, 6.45) is -3.56. The van der Waals surface area contributed by atoms with E-state index in [2.05, 4.69) is 5.10 Å². The molecule has 5 nitrogen and oxygen atoms in total. The number of alkyl halides is 3. The molecule has 0 saturated heterocycles. The van der Waals surface area contributed by atoms with Crippen molar-refractivity contribution in [1.82, 2.24) is 9.78 Å². The van der Waals surface area contributed by atoms with Crippen molar-refractivity contribution < 1.29 is 26.7 Å². The summed E-state index contributed by atoms with van der Waals surface area (Å²) in [7, 11) is -3.46. The van der Waals surface area contributed by atoms with Crippen molar-refractivity contribution in [3.8, 4) is 22.4 Å². The molecule has 1 heterocycles. The first-order valence-corrected chi connectivity index (χ1v) is 11.1. The predicted octanol–water partition coefficient (Wildman–Crippen LogP) is 4.68. The van der Waals surface area contributed by atoms with E-state index in [0.29, 0.717) is 10.6 Å². The minimum atomic E-state index is -4.71. The number of rotatable bonds is 6. The molecule has 0 radical (unpaired) electrons. The average molecular weight is 459 g/mol. The van der Waals surface area contributed by atoms with E-state index in [4.69, 9.17) is 16.7 Å². The zero-order chi connectivity index (χ0) is 22.1. The highest BCUT2D eigenvalue weighted by Crippen LogP contribution is 2.43. The molecule has 2 aromatic carbocycles. The van der Waals surface area contributed by atoms with Gasteiger partial charge in [0.15, 0.2) is 15.5 Å². The van der Waals surface area contributed by atoms with E-state index in [1.807, 2.05) is 0 Å². The lowest BCUT2D eigenvalue weighted by atomic mass is 9.98. The molecule has 30 heavy (non-hydrogen) atoms. The van der Waals surface area contributed by atoms with E-state index in [0.717, 1.165) is 10.9 Å². The van der Waals surface area contributed by atoms with Crippen LogP contribution in [0.15, 0.2) is 53.4 Å². The molecule has 3 aromatic rings. The third-order valence-corrected chi connectivity index (χ3v) is 5.82. The number of benzene rings is 2. The van der Waals surface area contributed by atoms with Gasteiger partial charge < -0.3 is 5.11 Å². The zero-order valence-corrected chi connectivity index (χ0v) is 17.4. The van der Waals surface area contributed by atoms with Crippen LogP contribution < -0.4 is 0 Å². The van der Waals surface area contributed by atoms with Crippen molar-refractivity contribution in [2.24, 2.45) is 0 Å². The van der Waals surface area contributed by atoms with Gasteiger partial charge in [0.1, 0.15) is 5.69 Å². The highest BCUT2D eigenvalue weighted by atomic mass is 35.5. The maximum atomic E-state index is 14.0. The number of sulfone groups is 1. The summed E-state index contributed by atoms with van der Waals surface area (Å²) in [5.74, 6) is 0. The average Bonchev–Trinajstić information content (AvgIpc) is 3.06. The van der Waals surface area contributed by atoms with Gasteiger partial charge in [0.2, 0.25) is 0 Å². The molecule has 0 bridgehead atoms. The molecule has 0 atom stereocenters. The second kappa shape index (κ2) is 8.41. The molecule has 0 aliphatic rings. The Morgan fingerprint density at radius 1 is 1.03 bits per heavy atom. The van der Waals surface area contributed by atoms with Crippen LogP contribution in [0, 0.1) is 0 Å². The number of aliphatic hydroxyl groups excluding tert-OH is 1. The van der Waals surface area contributed by atoms with Crippen LogP contribution in [-0.2, 0) is 22.6 Å². The van der Waals surface area contributed by atoms with E-state index in [-0.39, 0.29) is 41.3 Å². The number of hydrogen-bond donors (Lipinski definition) is 1. The Labute approximate surface area is 176 Å². The fourth-order valence-corrected chi connectivity index (χ4v) is 3.84. The molecule has 0 saturated carbocycles. The van der Waals surface area contributed by atoms with Crippen molar-refractivity contribution >= 4 is 21.4 Å². The maximum absolute atomic E-state index is 14.0. The second-order valence-electron chi connectivity index (χ2n) is 6.67. The first-order chi connectivity index (χ1) is 14.0. The minimum Gasteiger partial charge on any atom is -0.396 e. The van der Waals surface area contributed by atoms with Crippen LogP contribution in [0.1, 0.15) is 12.1 Å². The summed E-state index contributed by atoms with van der Waals surface area (Å²) in [6.45, 7) is -0.417. The molecular formula is C20H18ClF3N2O3S. The zero-order valence-electron chi connectivity index (χ0n) is 15.8. The first kappa shape index (κ1) is 22.3. The highest BCUT2D eigenvalue weighted by Gasteiger charge is 2.40. The van der Waals surface area contributed by atoms with Gasteiger partial charge >= 0.3 is 6.18 Å². The minimum absolute atomic E-state index is 0.0510. The van der Waals surface area contributed by atoms with Gasteiger partial charge in [-0.15, -0.1) is 0 Å². The van der Waals surface area contributed by atoms with Crippen LogP contribution in [0.5, 0.6) is 0 Å². The predicted molar refractivity (Wildman–Crippen MR) is 108 cm³/mol. The normalized spacial score (nSPS) is 12.3. The fraction of sp³-hybridized carbons (Fsp3) is 0.250. The number of aromatic nitrogens is 2. The van der Waals surface area contributed by atoms with Gasteiger partial charge in [-0.2, -0.15) is 18.3 Å². The number of aliphatic hydroxyl groups is 1. The standard InChI is InChI=1S/C20H18ClF3N2O3S/c1-30(28,29)16-9-5-14(6-10-16)18-17(13-3-7-15(21)8-4-13)19(20(22,23)24)26(25-18)11-2-12-27/h3-10,27H,2,11-12H2,1H3. The van der Waals surface area contributed by atoms with E-state index >= 15 is 0 Å². The maximum Gasteiger partial charge on any atom is 0.433 e. The summed E-state index contributed by atoms with van der Waals surface area (Å²) in [5, 5.41) is 13.6. The molecule has 3 rings (SSSR count). The van der Waals surface area contributed by atoms with Gasteiger partial charge in [-0.05, 0) is 36.2 Å². The number of aryl methyl sites for hydroxylation is 1. The summed E-state index contributed by atoms with van der Waals surface area (Å²) in [4.78, 5) is 0.0510. The molecule has 0 spiro atoms. The van der Waals surface area contributed by atoms with Gasteiger partial charge in [0, 0.05) is 35.6 Å². The molecule has 160 valence electrons. The SMILES string of the molecule is CS(=O)(=O)c1ccc(-c2nn(CCCO)c(C(F)(F)F)c2-c2ccc(Cl)cc2)cc1. The Morgan fingerprint density at radius 2 is 1.60 bits per heavy atom. The van der Waals surface area contributed by atoms with Crippen LogP contribution in [-0.4, -0.2) is 36.2 Å². The van der Waals surface area contributed by atoms with Gasteiger partial charge in [-0.3, -0.25) is 4.68 Å². The number of nitrogens with zero attached hydrogens (tertiary/aromatic N) is 2. The monoisotopic (exact) mass is 458 g/mol. The van der Waals surface area contributed by atoms with Crippen molar-refractivity contribution in [3.05, 3.63) is 59.2 Å². The Bertz CT molecular complexity index is 1140. The Morgan fingerprint density at radius 3 is 2.10 bits per heavy atom. The van der Waals surface area contributed by atoms with Gasteiger partial charge in [0.05, 0.1) is 4.90 Å². The summed E-state index contributed by atoms with van der Waals surface area (Å²) in [6, 6.07) is 11.4. The lowest BCUT2D eigenvalue weighted by molar-refractivity contribution is -0.143. The highest BCUT2D eigenvalue weighted by molar-refractivity contribution is 7.90. The van der Waals surface area contributed by atoms with Gasteiger partial charge in [-0.1, -0.05) is 35.9 Å². The van der Waals surface area contributed by atoms with Crippen LogP contribution in [0.3, 0.4) is 0 Å². The lowest BCUT2D eigenvalue weighted by Crippen LogP contribution is -2.16. The largest absolute Gasteiger partial charge is 0.433 e. The Hall–Kier alpha value is -2.36. The molecule has 0 unspecified atom stereocenters. The Balaban J connectivity index is 2.28. The topological polar surface area (TPSA) is 72.2 Å². The summed E-state index contributed by atoms with van der Waals surface area (Å²) in [5.41, 5.74) is -0.419. The summed E-state index contributed by atoms with van der Waals surface area (Å²) < 4.78 is 66.3. The van der Waals surface area contributed by atoms with Crippen molar-refractivity contribution in [3.63, 3.8) is 0 Å².